The Kier molecular flexibility index (Phi) is 9.40. The van der Waals surface area contributed by atoms with Crippen molar-refractivity contribution in [1.82, 2.24) is 9.97 Å². The molecule has 0 saturated carbocycles. The standard InChI is InChI=1S/C34H24Br2N6O8/c35-19-5-11-25-23(15-19)27(31(45)37-25)39-41-29(43)17-1-7-21(8-2-17)49-33-34(48-14-13-47-33)50-22-9-3-18(4-10-22)30(44)42-40-28-24-16-20(36)6-12-26(24)38-32(28)46/h1-12,15-16,33-34,37-38,45-46H,13-14H2. The SMILES string of the molecule is O=C(N=Nc1c(O)[nH]c2ccc(Br)cc12)c1ccc(OC2OCCOC2Oc2ccc(C(=O)N=Nc3c(O)[nH]c4ccc(Br)cc34)cc2)cc1. The summed E-state index contributed by atoms with van der Waals surface area (Å²) in [7, 11) is 0. The molecule has 1 aliphatic heterocycles. The number of nitrogens with one attached hydrogen (secondary N) is 2. The number of azo groups is 2. The lowest BCUT2D eigenvalue weighted by molar-refractivity contribution is -0.271. The van der Waals surface area contributed by atoms with E-state index < -0.39 is 24.4 Å². The number of fused-ring (bicyclic) bond motifs is 2. The van der Waals surface area contributed by atoms with Crippen molar-refractivity contribution in [3.8, 4) is 23.3 Å². The molecule has 1 aliphatic rings. The maximum Gasteiger partial charge on any atom is 0.295 e. The largest absolute Gasteiger partial charge is 0.493 e. The number of benzene rings is 4. The summed E-state index contributed by atoms with van der Waals surface area (Å²) in [5.41, 5.74) is 2.09. The lowest BCUT2D eigenvalue weighted by atomic mass is 10.2. The fourth-order valence-electron chi connectivity index (χ4n) is 5.07. The number of rotatable bonds is 8. The summed E-state index contributed by atoms with van der Waals surface area (Å²) in [5, 5.41) is 37.2. The second-order valence-corrected chi connectivity index (χ2v) is 12.6. The van der Waals surface area contributed by atoms with Crippen molar-refractivity contribution in [3.05, 3.63) is 105 Å². The van der Waals surface area contributed by atoms with Crippen LogP contribution in [0.3, 0.4) is 0 Å². The topological polar surface area (TPSA) is 193 Å². The van der Waals surface area contributed by atoms with E-state index in [2.05, 4.69) is 62.3 Å². The Balaban J connectivity index is 0.971. The van der Waals surface area contributed by atoms with Crippen molar-refractivity contribution in [2.75, 3.05) is 13.2 Å². The molecule has 0 bridgehead atoms. The normalized spacial score (nSPS) is 16.4. The quantitative estimate of drug-likeness (QED) is 0.110. The van der Waals surface area contributed by atoms with Gasteiger partial charge < -0.3 is 39.1 Å². The Hall–Kier alpha value is -5.42. The minimum atomic E-state index is -0.951. The first kappa shape index (κ1) is 33.1. The third-order valence-electron chi connectivity index (χ3n) is 7.49. The molecule has 2 aromatic heterocycles. The van der Waals surface area contributed by atoms with E-state index in [1.54, 1.807) is 48.5 Å². The molecule has 2 atom stereocenters. The summed E-state index contributed by atoms with van der Waals surface area (Å²) in [4.78, 5) is 31.0. The van der Waals surface area contributed by atoms with E-state index in [4.69, 9.17) is 18.9 Å². The van der Waals surface area contributed by atoms with Crippen LogP contribution in [-0.4, -0.2) is 57.8 Å². The highest BCUT2D eigenvalue weighted by atomic mass is 79.9. The molecular weight excluding hydrogens is 780 g/mol. The lowest BCUT2D eigenvalue weighted by Crippen LogP contribution is -2.45. The highest BCUT2D eigenvalue weighted by Gasteiger charge is 2.31. The van der Waals surface area contributed by atoms with Gasteiger partial charge in [0.1, 0.15) is 11.5 Å². The minimum absolute atomic E-state index is 0.151. The highest BCUT2D eigenvalue weighted by molar-refractivity contribution is 9.10. The van der Waals surface area contributed by atoms with E-state index >= 15 is 0 Å². The number of ether oxygens (including phenoxy) is 4. The summed E-state index contributed by atoms with van der Waals surface area (Å²) in [6.45, 7) is 0.528. The van der Waals surface area contributed by atoms with Gasteiger partial charge in [-0.1, -0.05) is 31.9 Å². The molecule has 0 spiro atoms. The van der Waals surface area contributed by atoms with Crippen molar-refractivity contribution < 1.29 is 38.7 Å². The lowest BCUT2D eigenvalue weighted by Gasteiger charge is -2.31. The maximum atomic E-state index is 12.7. The van der Waals surface area contributed by atoms with Crippen molar-refractivity contribution in [3.63, 3.8) is 0 Å². The van der Waals surface area contributed by atoms with Crippen molar-refractivity contribution in [2.45, 2.75) is 12.6 Å². The van der Waals surface area contributed by atoms with Crippen LogP contribution in [0.5, 0.6) is 23.3 Å². The van der Waals surface area contributed by atoms with Crippen LogP contribution in [0.4, 0.5) is 11.4 Å². The number of aromatic hydroxyl groups is 2. The second-order valence-electron chi connectivity index (χ2n) is 10.8. The number of carbonyl (C=O) groups excluding carboxylic acids is 2. The third-order valence-corrected chi connectivity index (χ3v) is 8.47. The molecule has 1 saturated heterocycles. The summed E-state index contributed by atoms with van der Waals surface area (Å²) in [5.74, 6) is -0.885. The molecule has 252 valence electrons. The smallest absolute Gasteiger partial charge is 0.295 e. The van der Waals surface area contributed by atoms with E-state index in [1.807, 2.05) is 12.1 Å². The van der Waals surface area contributed by atoms with Gasteiger partial charge in [0, 0.05) is 30.8 Å². The van der Waals surface area contributed by atoms with Crippen LogP contribution in [0, 0.1) is 0 Å². The molecule has 2 unspecified atom stereocenters. The fraction of sp³-hybridized carbons (Fsp3) is 0.118. The van der Waals surface area contributed by atoms with Gasteiger partial charge in [0.15, 0.2) is 11.4 Å². The van der Waals surface area contributed by atoms with Crippen LogP contribution in [-0.2, 0) is 9.47 Å². The Morgan fingerprint density at radius 3 is 1.44 bits per heavy atom. The predicted octanol–water partition coefficient (Wildman–Crippen LogP) is 8.59. The van der Waals surface area contributed by atoms with Gasteiger partial charge in [-0.2, -0.15) is 0 Å². The molecule has 4 aromatic carbocycles. The average molecular weight is 804 g/mol. The fourth-order valence-corrected chi connectivity index (χ4v) is 5.79. The zero-order chi connectivity index (χ0) is 34.8. The van der Waals surface area contributed by atoms with Crippen molar-refractivity contribution in [1.29, 1.82) is 0 Å². The first-order valence-corrected chi connectivity index (χ1v) is 16.5. The summed E-state index contributed by atoms with van der Waals surface area (Å²) in [6, 6.07) is 23.0. The molecule has 3 heterocycles. The zero-order valence-corrected chi connectivity index (χ0v) is 28.7. The van der Waals surface area contributed by atoms with Crippen LogP contribution in [0.1, 0.15) is 20.7 Å². The average Bonchev–Trinajstić information content (AvgIpc) is 3.60. The number of aromatic nitrogens is 2. The van der Waals surface area contributed by atoms with Gasteiger partial charge in [-0.25, -0.2) is 0 Å². The van der Waals surface area contributed by atoms with Gasteiger partial charge in [0.05, 0.1) is 24.2 Å². The number of aromatic amines is 2. The third kappa shape index (κ3) is 7.13. The van der Waals surface area contributed by atoms with E-state index in [0.717, 1.165) is 8.95 Å². The van der Waals surface area contributed by atoms with Crippen LogP contribution in [0.25, 0.3) is 21.8 Å². The van der Waals surface area contributed by atoms with Crippen molar-refractivity contribution in [2.24, 2.45) is 20.5 Å². The van der Waals surface area contributed by atoms with Gasteiger partial charge in [0.2, 0.25) is 11.8 Å². The van der Waals surface area contributed by atoms with E-state index in [9.17, 15) is 19.8 Å². The molecule has 0 aliphatic carbocycles. The molecule has 7 rings (SSSR count). The number of hydrogen-bond donors (Lipinski definition) is 4. The van der Waals surface area contributed by atoms with Crippen LogP contribution < -0.4 is 9.47 Å². The highest BCUT2D eigenvalue weighted by Crippen LogP contribution is 2.38. The number of hydrogen-bond acceptors (Lipinski definition) is 10. The van der Waals surface area contributed by atoms with Crippen LogP contribution in [0.15, 0.2) is 114 Å². The zero-order valence-electron chi connectivity index (χ0n) is 25.5. The van der Waals surface area contributed by atoms with E-state index in [1.165, 1.54) is 24.3 Å². The van der Waals surface area contributed by atoms with Gasteiger partial charge in [-0.15, -0.1) is 20.5 Å². The van der Waals surface area contributed by atoms with Gasteiger partial charge in [-0.05, 0) is 84.9 Å². The Morgan fingerprint density at radius 1 is 0.640 bits per heavy atom. The summed E-state index contributed by atoms with van der Waals surface area (Å²) in [6.07, 6.45) is -1.90. The maximum absolute atomic E-state index is 12.7. The number of amides is 2. The summed E-state index contributed by atoms with van der Waals surface area (Å²) < 4.78 is 25.0. The number of carbonyl (C=O) groups is 2. The van der Waals surface area contributed by atoms with E-state index in [-0.39, 0.29) is 47.5 Å². The van der Waals surface area contributed by atoms with Crippen LogP contribution in [0.2, 0.25) is 0 Å². The summed E-state index contributed by atoms with van der Waals surface area (Å²) >= 11 is 6.77. The van der Waals surface area contributed by atoms with Gasteiger partial charge in [-0.3, -0.25) is 9.59 Å². The Bertz CT molecular complexity index is 2120. The second kappa shape index (κ2) is 14.2. The molecular formula is C34H24Br2N6O8. The first-order valence-electron chi connectivity index (χ1n) is 14.9. The molecule has 1 fully saturated rings. The number of halogens is 2. The Labute approximate surface area is 299 Å². The van der Waals surface area contributed by atoms with Gasteiger partial charge >= 0.3 is 0 Å². The van der Waals surface area contributed by atoms with E-state index in [0.29, 0.717) is 33.3 Å². The monoisotopic (exact) mass is 802 g/mol. The molecule has 16 heteroatoms. The molecule has 50 heavy (non-hydrogen) atoms. The number of H-pyrrole nitrogens is 2. The van der Waals surface area contributed by atoms with Crippen molar-refractivity contribution >= 4 is 76.9 Å². The molecule has 14 nitrogen and oxygen atoms in total. The molecule has 0 radical (unpaired) electrons. The Morgan fingerprint density at radius 2 is 1.04 bits per heavy atom. The number of nitrogens with zero attached hydrogens (tertiary/aromatic N) is 4. The van der Waals surface area contributed by atoms with Crippen LogP contribution >= 0.6 is 31.9 Å². The minimum Gasteiger partial charge on any atom is -0.493 e. The van der Waals surface area contributed by atoms with Gasteiger partial charge in [0.25, 0.3) is 24.4 Å². The first-order chi connectivity index (χ1) is 24.2. The predicted molar refractivity (Wildman–Crippen MR) is 187 cm³/mol. The molecule has 4 N–H and O–H groups in total. The molecule has 2 amide bonds. The molecule has 6 aromatic rings.